The molecule has 19 heavy (non-hydrogen) atoms. The monoisotopic (exact) mass is 276 g/mol. The van der Waals surface area contributed by atoms with Gasteiger partial charge in [-0.15, -0.1) is 0 Å². The zero-order valence-electron chi connectivity index (χ0n) is 10.9. The van der Waals surface area contributed by atoms with Gasteiger partial charge in [-0.2, -0.15) is 0 Å². The number of rotatable bonds is 4. The van der Waals surface area contributed by atoms with Crippen LogP contribution in [-0.4, -0.2) is 17.9 Å². The van der Waals surface area contributed by atoms with E-state index < -0.39 is 0 Å². The van der Waals surface area contributed by atoms with Crippen LogP contribution < -0.4 is 16.4 Å². The van der Waals surface area contributed by atoms with Crippen molar-refractivity contribution in [3.05, 3.63) is 34.7 Å². The number of amides is 1. The fraction of sp³-hybridized carbons (Fsp3) is 0.231. The van der Waals surface area contributed by atoms with Gasteiger partial charge in [0.1, 0.15) is 10.7 Å². The number of benzene rings is 1. The fourth-order valence-electron chi connectivity index (χ4n) is 1.61. The van der Waals surface area contributed by atoms with Crippen molar-refractivity contribution < 1.29 is 4.79 Å². The summed E-state index contributed by atoms with van der Waals surface area (Å²) >= 11 is 1.24. The lowest BCUT2D eigenvalue weighted by atomic mass is 10.1. The molecule has 0 aliphatic heterocycles. The van der Waals surface area contributed by atoms with Crippen molar-refractivity contribution in [1.82, 2.24) is 4.98 Å². The summed E-state index contributed by atoms with van der Waals surface area (Å²) in [5.41, 5.74) is 7.70. The van der Waals surface area contributed by atoms with Gasteiger partial charge in [0.15, 0.2) is 5.13 Å². The van der Waals surface area contributed by atoms with Crippen LogP contribution in [0.15, 0.2) is 24.3 Å². The highest BCUT2D eigenvalue weighted by Crippen LogP contribution is 2.25. The molecule has 0 unspecified atom stereocenters. The number of aromatic nitrogens is 1. The van der Waals surface area contributed by atoms with Gasteiger partial charge in [-0.25, -0.2) is 4.98 Å². The van der Waals surface area contributed by atoms with E-state index in [0.717, 1.165) is 12.1 Å². The maximum absolute atomic E-state index is 12.1. The van der Waals surface area contributed by atoms with Crippen LogP contribution in [0.5, 0.6) is 0 Å². The van der Waals surface area contributed by atoms with Crippen LogP contribution in [0.4, 0.5) is 16.6 Å². The quantitative estimate of drug-likeness (QED) is 0.802. The molecule has 6 heteroatoms. The number of nitrogens with two attached hydrogens (primary N) is 1. The molecule has 1 aromatic carbocycles. The van der Waals surface area contributed by atoms with Gasteiger partial charge in [-0.1, -0.05) is 30.4 Å². The molecule has 2 rings (SSSR count). The Morgan fingerprint density at radius 1 is 1.37 bits per heavy atom. The Balaban J connectivity index is 2.13. The first-order valence-electron chi connectivity index (χ1n) is 5.98. The molecule has 1 aromatic heterocycles. The van der Waals surface area contributed by atoms with E-state index in [2.05, 4.69) is 22.5 Å². The largest absolute Gasteiger partial charge is 0.382 e. The van der Waals surface area contributed by atoms with Crippen molar-refractivity contribution in [2.45, 2.75) is 13.3 Å². The number of hydrogen-bond donors (Lipinski definition) is 3. The summed E-state index contributed by atoms with van der Waals surface area (Å²) in [6.07, 6.45) is 0.974. The van der Waals surface area contributed by atoms with Crippen LogP contribution in [0, 0.1) is 0 Å². The highest BCUT2D eigenvalue weighted by atomic mass is 32.1. The molecule has 4 N–H and O–H groups in total. The lowest BCUT2D eigenvalue weighted by Gasteiger charge is -2.04. The normalized spacial score (nSPS) is 10.2. The highest BCUT2D eigenvalue weighted by molar-refractivity contribution is 7.18. The Labute approximate surface area is 115 Å². The van der Waals surface area contributed by atoms with Crippen LogP contribution in [-0.2, 0) is 6.42 Å². The summed E-state index contributed by atoms with van der Waals surface area (Å²) in [5, 5.41) is 6.31. The molecule has 0 bridgehead atoms. The standard InChI is InChI=1S/C13H16N4OS/c1-3-8-4-6-9(7-5-8)16-12(18)10-11(14)17-13(15-2)19-10/h4-7H,3,14H2,1-2H3,(H,15,17)(H,16,18). The number of carbonyl (C=O) groups is 1. The molecule has 0 aliphatic carbocycles. The Kier molecular flexibility index (Phi) is 4.01. The van der Waals surface area contributed by atoms with Crippen LogP contribution >= 0.6 is 11.3 Å². The van der Waals surface area contributed by atoms with Gasteiger partial charge in [-0.05, 0) is 24.1 Å². The summed E-state index contributed by atoms with van der Waals surface area (Å²) in [5.74, 6) is 0.0118. The number of nitrogens with zero attached hydrogens (tertiary/aromatic N) is 1. The van der Waals surface area contributed by atoms with Crippen molar-refractivity contribution >= 4 is 33.9 Å². The van der Waals surface area contributed by atoms with E-state index >= 15 is 0 Å². The van der Waals surface area contributed by atoms with Gasteiger partial charge >= 0.3 is 0 Å². The molecule has 0 spiro atoms. The van der Waals surface area contributed by atoms with E-state index in [4.69, 9.17) is 5.73 Å². The molecule has 0 radical (unpaired) electrons. The predicted molar refractivity (Wildman–Crippen MR) is 79.8 cm³/mol. The molecule has 1 amide bonds. The Bertz CT molecular complexity index is 577. The molecule has 100 valence electrons. The first-order chi connectivity index (χ1) is 9.13. The third kappa shape index (κ3) is 3.03. The van der Waals surface area contributed by atoms with Crippen LogP contribution in [0.25, 0.3) is 0 Å². The number of carbonyl (C=O) groups excluding carboxylic acids is 1. The topological polar surface area (TPSA) is 80.0 Å². The molecule has 0 fully saturated rings. The summed E-state index contributed by atoms with van der Waals surface area (Å²) in [4.78, 5) is 16.5. The van der Waals surface area contributed by atoms with E-state index in [1.54, 1.807) is 7.05 Å². The van der Waals surface area contributed by atoms with E-state index in [9.17, 15) is 4.79 Å². The maximum atomic E-state index is 12.1. The van der Waals surface area contributed by atoms with Crippen molar-refractivity contribution in [3.63, 3.8) is 0 Å². The molecule has 0 saturated heterocycles. The van der Waals surface area contributed by atoms with E-state index in [-0.39, 0.29) is 11.7 Å². The third-order valence-corrected chi connectivity index (χ3v) is 3.78. The summed E-state index contributed by atoms with van der Waals surface area (Å²) in [7, 11) is 1.74. The van der Waals surface area contributed by atoms with E-state index in [1.165, 1.54) is 16.9 Å². The minimum atomic E-state index is -0.235. The number of hydrogen-bond acceptors (Lipinski definition) is 5. The zero-order chi connectivity index (χ0) is 13.8. The second-order valence-electron chi connectivity index (χ2n) is 3.99. The second-order valence-corrected chi connectivity index (χ2v) is 4.99. The fourth-order valence-corrected chi connectivity index (χ4v) is 2.35. The SMILES string of the molecule is CCc1ccc(NC(=O)c2sc(NC)nc2N)cc1. The molecule has 0 saturated carbocycles. The zero-order valence-corrected chi connectivity index (χ0v) is 11.7. The van der Waals surface area contributed by atoms with Crippen LogP contribution in [0.3, 0.4) is 0 Å². The summed E-state index contributed by atoms with van der Waals surface area (Å²) in [6.45, 7) is 2.09. The molecule has 0 aliphatic rings. The molecule has 2 aromatic rings. The number of aryl methyl sites for hydroxylation is 1. The molecular weight excluding hydrogens is 260 g/mol. The third-order valence-electron chi connectivity index (χ3n) is 2.69. The maximum Gasteiger partial charge on any atom is 0.269 e. The first-order valence-corrected chi connectivity index (χ1v) is 6.80. The number of thiazole rings is 1. The highest BCUT2D eigenvalue weighted by Gasteiger charge is 2.15. The van der Waals surface area contributed by atoms with Gasteiger partial charge in [0, 0.05) is 12.7 Å². The average Bonchev–Trinajstić information content (AvgIpc) is 2.81. The molecule has 5 nitrogen and oxygen atoms in total. The summed E-state index contributed by atoms with van der Waals surface area (Å²) < 4.78 is 0. The van der Waals surface area contributed by atoms with Gasteiger partial charge in [0.25, 0.3) is 5.91 Å². The predicted octanol–water partition coefficient (Wildman–Crippen LogP) is 2.58. The van der Waals surface area contributed by atoms with Crippen molar-refractivity contribution in [2.24, 2.45) is 0 Å². The minimum Gasteiger partial charge on any atom is -0.382 e. The molecular formula is C13H16N4OS. The Morgan fingerprint density at radius 3 is 2.58 bits per heavy atom. The number of nitrogens with one attached hydrogen (secondary N) is 2. The van der Waals surface area contributed by atoms with Crippen molar-refractivity contribution in [3.8, 4) is 0 Å². The first kappa shape index (κ1) is 13.4. The number of anilines is 3. The van der Waals surface area contributed by atoms with Gasteiger partial charge in [0.05, 0.1) is 0 Å². The molecule has 0 atom stereocenters. The Morgan fingerprint density at radius 2 is 2.05 bits per heavy atom. The van der Waals surface area contributed by atoms with Crippen molar-refractivity contribution in [2.75, 3.05) is 23.4 Å². The number of nitrogen functional groups attached to an aromatic ring is 1. The summed E-state index contributed by atoms with van der Waals surface area (Å²) in [6, 6.07) is 7.75. The Hall–Kier alpha value is -2.08. The van der Waals surface area contributed by atoms with Crippen LogP contribution in [0.2, 0.25) is 0 Å². The smallest absolute Gasteiger partial charge is 0.269 e. The van der Waals surface area contributed by atoms with Crippen molar-refractivity contribution in [1.29, 1.82) is 0 Å². The van der Waals surface area contributed by atoms with Gasteiger partial charge < -0.3 is 16.4 Å². The van der Waals surface area contributed by atoms with E-state index in [0.29, 0.717) is 10.0 Å². The average molecular weight is 276 g/mol. The minimum absolute atomic E-state index is 0.235. The lowest BCUT2D eigenvalue weighted by molar-refractivity contribution is 0.103. The molecule has 1 heterocycles. The van der Waals surface area contributed by atoms with Crippen LogP contribution in [0.1, 0.15) is 22.2 Å². The van der Waals surface area contributed by atoms with Gasteiger partial charge in [-0.3, -0.25) is 4.79 Å². The lowest BCUT2D eigenvalue weighted by Crippen LogP contribution is -2.12. The van der Waals surface area contributed by atoms with Gasteiger partial charge in [0.2, 0.25) is 0 Å². The van der Waals surface area contributed by atoms with E-state index in [1.807, 2.05) is 24.3 Å². The second kappa shape index (κ2) is 5.71.